The smallest absolute Gasteiger partial charge is 0.246 e. The Bertz CT molecular complexity index is 799. The quantitative estimate of drug-likeness (QED) is 0.743. The van der Waals surface area contributed by atoms with Gasteiger partial charge in [0, 0.05) is 33.2 Å². The van der Waals surface area contributed by atoms with Gasteiger partial charge < -0.3 is 0 Å². The predicted octanol–water partition coefficient (Wildman–Crippen LogP) is 0.473. The van der Waals surface area contributed by atoms with Crippen LogP contribution in [0.4, 0.5) is 0 Å². The van der Waals surface area contributed by atoms with Crippen LogP contribution in [-0.2, 0) is 27.1 Å². The van der Waals surface area contributed by atoms with Gasteiger partial charge in [-0.1, -0.05) is 6.92 Å². The van der Waals surface area contributed by atoms with Crippen LogP contribution in [0, 0.1) is 13.8 Å². The van der Waals surface area contributed by atoms with Gasteiger partial charge in [-0.15, -0.1) is 0 Å². The first-order chi connectivity index (χ1) is 11.1. The molecule has 1 aliphatic rings. The van der Waals surface area contributed by atoms with Gasteiger partial charge >= 0.3 is 0 Å². The average molecular weight is 379 g/mol. The highest BCUT2D eigenvalue weighted by molar-refractivity contribution is 7.89. The molecule has 138 valence electrons. The Labute approximate surface area is 144 Å². The van der Waals surface area contributed by atoms with Crippen molar-refractivity contribution in [1.29, 1.82) is 0 Å². The highest BCUT2D eigenvalue weighted by atomic mass is 32.2. The SMILES string of the molecule is CCCS(=O)(=O)N1CCCN(S(=O)(=O)c2c(C)nn(C)c2C)CC1. The van der Waals surface area contributed by atoms with Crippen LogP contribution < -0.4 is 0 Å². The Hall–Kier alpha value is -0.970. The molecule has 1 saturated heterocycles. The molecule has 1 aromatic heterocycles. The minimum atomic E-state index is -3.68. The summed E-state index contributed by atoms with van der Waals surface area (Å²) in [5.41, 5.74) is 1.06. The molecule has 1 fully saturated rings. The fraction of sp³-hybridized carbons (Fsp3) is 0.786. The van der Waals surface area contributed by atoms with Crippen molar-refractivity contribution in [2.24, 2.45) is 7.05 Å². The summed E-state index contributed by atoms with van der Waals surface area (Å²) in [6, 6.07) is 0. The van der Waals surface area contributed by atoms with E-state index in [1.807, 2.05) is 6.92 Å². The lowest BCUT2D eigenvalue weighted by Gasteiger charge is -2.21. The number of aromatic nitrogens is 2. The number of hydrogen-bond acceptors (Lipinski definition) is 5. The Morgan fingerprint density at radius 3 is 2.12 bits per heavy atom. The van der Waals surface area contributed by atoms with Crippen LogP contribution in [0.3, 0.4) is 0 Å². The lowest BCUT2D eigenvalue weighted by molar-refractivity contribution is 0.404. The maximum absolute atomic E-state index is 13.0. The molecule has 0 bridgehead atoms. The van der Waals surface area contributed by atoms with Gasteiger partial charge in [-0.05, 0) is 26.7 Å². The van der Waals surface area contributed by atoms with Crippen LogP contribution in [0.2, 0.25) is 0 Å². The lowest BCUT2D eigenvalue weighted by atomic mass is 10.4. The molecule has 24 heavy (non-hydrogen) atoms. The number of hydrogen-bond donors (Lipinski definition) is 0. The fourth-order valence-electron chi connectivity index (χ4n) is 3.03. The van der Waals surface area contributed by atoms with Crippen molar-refractivity contribution in [1.82, 2.24) is 18.4 Å². The van der Waals surface area contributed by atoms with Crippen LogP contribution in [0.25, 0.3) is 0 Å². The van der Waals surface area contributed by atoms with E-state index in [0.29, 0.717) is 37.3 Å². The Morgan fingerprint density at radius 1 is 1.00 bits per heavy atom. The Kier molecular flexibility index (Phi) is 5.73. The van der Waals surface area contributed by atoms with Crippen molar-refractivity contribution in [3.05, 3.63) is 11.4 Å². The molecule has 0 atom stereocenters. The van der Waals surface area contributed by atoms with E-state index in [1.54, 1.807) is 25.6 Å². The van der Waals surface area contributed by atoms with E-state index in [4.69, 9.17) is 0 Å². The molecule has 0 spiro atoms. The zero-order chi connectivity index (χ0) is 18.1. The van der Waals surface area contributed by atoms with E-state index in [0.717, 1.165) is 0 Å². The highest BCUT2D eigenvalue weighted by Gasteiger charge is 2.33. The molecular weight excluding hydrogens is 352 g/mol. The largest absolute Gasteiger partial charge is 0.271 e. The Balaban J connectivity index is 2.25. The van der Waals surface area contributed by atoms with Crippen molar-refractivity contribution in [2.75, 3.05) is 31.9 Å². The third-order valence-electron chi connectivity index (χ3n) is 4.31. The highest BCUT2D eigenvalue weighted by Crippen LogP contribution is 2.24. The molecule has 0 N–H and O–H groups in total. The number of sulfonamides is 2. The third kappa shape index (κ3) is 3.66. The van der Waals surface area contributed by atoms with Crippen LogP contribution in [-0.4, -0.2) is 67.2 Å². The second-order valence-corrected chi connectivity index (χ2v) is 10.1. The van der Waals surface area contributed by atoms with Crippen LogP contribution in [0.1, 0.15) is 31.2 Å². The van der Waals surface area contributed by atoms with Crippen molar-refractivity contribution in [2.45, 2.75) is 38.5 Å². The first kappa shape index (κ1) is 19.4. The van der Waals surface area contributed by atoms with Crippen molar-refractivity contribution >= 4 is 20.0 Å². The summed E-state index contributed by atoms with van der Waals surface area (Å²) in [5.74, 6) is 0.0978. The second kappa shape index (κ2) is 7.11. The minimum Gasteiger partial charge on any atom is -0.271 e. The van der Waals surface area contributed by atoms with E-state index in [9.17, 15) is 16.8 Å². The van der Waals surface area contributed by atoms with Crippen LogP contribution >= 0.6 is 0 Å². The fourth-order valence-corrected chi connectivity index (χ4v) is 6.44. The summed E-state index contributed by atoms with van der Waals surface area (Å²) < 4.78 is 54.8. The lowest BCUT2D eigenvalue weighted by Crippen LogP contribution is -2.38. The summed E-state index contributed by atoms with van der Waals surface area (Å²) >= 11 is 0. The van der Waals surface area contributed by atoms with Crippen molar-refractivity contribution in [3.8, 4) is 0 Å². The van der Waals surface area contributed by atoms with Gasteiger partial charge in [0.2, 0.25) is 20.0 Å². The number of rotatable bonds is 5. The molecule has 2 heterocycles. The minimum absolute atomic E-state index is 0.0978. The van der Waals surface area contributed by atoms with Gasteiger partial charge in [0.15, 0.2) is 0 Å². The van der Waals surface area contributed by atoms with Gasteiger partial charge in [-0.3, -0.25) is 4.68 Å². The third-order valence-corrected chi connectivity index (χ3v) is 8.54. The summed E-state index contributed by atoms with van der Waals surface area (Å²) in [6.07, 6.45) is 1.04. The topological polar surface area (TPSA) is 92.6 Å². The van der Waals surface area contributed by atoms with Crippen LogP contribution in [0.15, 0.2) is 4.90 Å². The molecule has 0 saturated carbocycles. The van der Waals surface area contributed by atoms with E-state index in [1.165, 1.54) is 8.61 Å². The molecule has 0 aliphatic carbocycles. The zero-order valence-corrected chi connectivity index (χ0v) is 16.3. The standard InChI is InChI=1S/C14H26N4O4S2/c1-5-11-23(19,20)17-7-6-8-18(10-9-17)24(21,22)14-12(2)15-16(4)13(14)3/h5-11H2,1-4H3. The van der Waals surface area contributed by atoms with Gasteiger partial charge in [-0.25, -0.2) is 21.1 Å². The molecule has 2 rings (SSSR count). The number of nitrogens with zero attached hydrogens (tertiary/aromatic N) is 4. The van der Waals surface area contributed by atoms with Crippen molar-refractivity contribution < 1.29 is 16.8 Å². The van der Waals surface area contributed by atoms with E-state index in [2.05, 4.69) is 5.10 Å². The molecular formula is C14H26N4O4S2. The molecule has 0 radical (unpaired) electrons. The molecule has 10 heteroatoms. The maximum atomic E-state index is 13.0. The normalized spacial score (nSPS) is 18.7. The van der Waals surface area contributed by atoms with Crippen molar-refractivity contribution in [3.63, 3.8) is 0 Å². The molecule has 1 aromatic rings. The molecule has 0 aromatic carbocycles. The molecule has 0 amide bonds. The van der Waals surface area contributed by atoms with Gasteiger partial charge in [0.1, 0.15) is 4.90 Å². The van der Waals surface area contributed by atoms with E-state index < -0.39 is 20.0 Å². The monoisotopic (exact) mass is 378 g/mol. The van der Waals surface area contributed by atoms with E-state index >= 15 is 0 Å². The van der Waals surface area contributed by atoms with E-state index in [-0.39, 0.29) is 23.7 Å². The Morgan fingerprint density at radius 2 is 1.58 bits per heavy atom. The van der Waals surface area contributed by atoms with Gasteiger partial charge in [0.25, 0.3) is 0 Å². The summed E-state index contributed by atoms with van der Waals surface area (Å²) in [5, 5.41) is 4.18. The predicted molar refractivity (Wildman–Crippen MR) is 91.7 cm³/mol. The summed E-state index contributed by atoms with van der Waals surface area (Å²) in [6.45, 7) is 6.26. The molecule has 1 aliphatic heterocycles. The second-order valence-electron chi connectivity index (χ2n) is 6.10. The summed E-state index contributed by atoms with van der Waals surface area (Å²) in [4.78, 5) is 0.231. The number of aryl methyl sites for hydroxylation is 2. The summed E-state index contributed by atoms with van der Waals surface area (Å²) in [7, 11) is -5.27. The first-order valence-electron chi connectivity index (χ1n) is 8.09. The van der Waals surface area contributed by atoms with Gasteiger partial charge in [0.05, 0.1) is 17.1 Å². The van der Waals surface area contributed by atoms with Gasteiger partial charge in [-0.2, -0.15) is 9.40 Å². The first-order valence-corrected chi connectivity index (χ1v) is 11.1. The average Bonchev–Trinajstić information content (AvgIpc) is 2.68. The molecule has 0 unspecified atom stereocenters. The molecule has 8 nitrogen and oxygen atoms in total. The zero-order valence-electron chi connectivity index (χ0n) is 14.7. The van der Waals surface area contributed by atoms with Crippen LogP contribution in [0.5, 0.6) is 0 Å². The maximum Gasteiger partial charge on any atom is 0.246 e.